The molecule has 0 atom stereocenters. The SMILES string of the molecule is CN(C)C.CN(C)C.CN(C)C.CN(C)CCO.CN1CCCCC1.CN1CCN(C)CC1.CN1CCOCC1.CN1CCSCC1.CNC.CNC.CNC.COC.COC.COC.COCCN(C)C. The molecular weight excluding hydrogens is 935 g/mol. The van der Waals surface area contributed by atoms with Gasteiger partial charge in [-0.3, -0.25) is 0 Å². The van der Waals surface area contributed by atoms with E-state index in [9.17, 15) is 0 Å². The van der Waals surface area contributed by atoms with Crippen LogP contribution in [0.3, 0.4) is 0 Å². The van der Waals surface area contributed by atoms with Gasteiger partial charge in [0.05, 0.1) is 26.4 Å². The summed E-state index contributed by atoms with van der Waals surface area (Å²) in [6.07, 6.45) is 4.28. The van der Waals surface area contributed by atoms with Crippen LogP contribution < -0.4 is 16.0 Å². The quantitative estimate of drug-likeness (QED) is 0.320. The number of likely N-dealkylation sites (tertiary alicyclic amines) is 1. The zero-order valence-electron chi connectivity index (χ0n) is 54.7. The highest BCUT2D eigenvalue weighted by molar-refractivity contribution is 7.99. The van der Waals surface area contributed by atoms with E-state index in [4.69, 9.17) is 14.6 Å². The number of rotatable bonds is 5. The van der Waals surface area contributed by atoms with Crippen LogP contribution in [0.5, 0.6) is 0 Å². The Morgan fingerprint density at radius 3 is 0.778 bits per heavy atom. The second-order valence-electron chi connectivity index (χ2n) is 18.9. The van der Waals surface area contributed by atoms with Gasteiger partial charge in [-0.15, -0.1) is 0 Å². The van der Waals surface area contributed by atoms with E-state index >= 15 is 0 Å². The second-order valence-corrected chi connectivity index (χ2v) is 20.1. The maximum absolute atomic E-state index is 8.20. The lowest BCUT2D eigenvalue weighted by molar-refractivity contribution is 0.0503. The van der Waals surface area contributed by atoms with Crippen LogP contribution in [0.1, 0.15) is 19.3 Å². The van der Waals surface area contributed by atoms with Gasteiger partial charge in [-0.1, -0.05) is 6.42 Å². The van der Waals surface area contributed by atoms with Gasteiger partial charge in [0.15, 0.2) is 0 Å². The van der Waals surface area contributed by atoms with Crippen LogP contribution in [0, 0.1) is 0 Å². The highest BCUT2D eigenvalue weighted by Crippen LogP contribution is 2.06. The number of piperidine rings is 1. The minimum Gasteiger partial charge on any atom is -0.395 e. The van der Waals surface area contributed by atoms with Crippen molar-refractivity contribution >= 4 is 11.8 Å². The van der Waals surface area contributed by atoms with Gasteiger partial charge in [0.1, 0.15) is 0 Å². The summed E-state index contributed by atoms with van der Waals surface area (Å²) >= 11 is 2.06. The molecule has 0 spiro atoms. The monoisotopic (exact) mass is 1070 g/mol. The first-order chi connectivity index (χ1) is 33.7. The van der Waals surface area contributed by atoms with E-state index in [0.717, 1.165) is 46.0 Å². The molecule has 0 aromatic carbocycles. The molecule has 4 heterocycles. The number of ether oxygens (including phenoxy) is 5. The summed E-state index contributed by atoms with van der Waals surface area (Å²) in [5.41, 5.74) is 0. The third-order valence-electron chi connectivity index (χ3n) is 7.07. The van der Waals surface area contributed by atoms with Gasteiger partial charge in [-0.25, -0.2) is 0 Å². The van der Waals surface area contributed by atoms with E-state index in [0.29, 0.717) is 0 Å². The van der Waals surface area contributed by atoms with Gasteiger partial charge in [-0.05, 0) is 195 Å². The lowest BCUT2D eigenvalue weighted by Gasteiger charge is -2.28. The third-order valence-corrected chi connectivity index (χ3v) is 8.01. The number of thioether (sulfide) groups is 1. The molecule has 0 aromatic rings. The van der Waals surface area contributed by atoms with E-state index in [1.807, 2.05) is 154 Å². The highest BCUT2D eigenvalue weighted by atomic mass is 32.2. The highest BCUT2D eigenvalue weighted by Gasteiger charge is 2.08. The summed E-state index contributed by atoms with van der Waals surface area (Å²) < 4.78 is 22.7. The number of likely N-dealkylation sites (N-methyl/N-ethyl adjacent to an activating group) is 5. The average molecular weight is 1070 g/mol. The van der Waals surface area contributed by atoms with Crippen molar-refractivity contribution in [3.8, 4) is 0 Å². The van der Waals surface area contributed by atoms with Crippen molar-refractivity contribution in [2.24, 2.45) is 0 Å². The predicted octanol–water partition coefficient (Wildman–Crippen LogP) is 2.14. The molecule has 454 valence electrons. The molecule has 72 heavy (non-hydrogen) atoms. The molecule has 4 N–H and O–H groups in total. The van der Waals surface area contributed by atoms with Gasteiger partial charge in [0, 0.05) is 127 Å². The maximum Gasteiger partial charge on any atom is 0.0594 e. The van der Waals surface area contributed by atoms with Crippen molar-refractivity contribution in [3.05, 3.63) is 0 Å². The summed E-state index contributed by atoms with van der Waals surface area (Å²) in [5, 5.41) is 16.4. The lowest BCUT2D eigenvalue weighted by atomic mass is 10.1. The third kappa shape index (κ3) is 199. The molecule has 0 aliphatic carbocycles. The zero-order chi connectivity index (χ0) is 59.0. The van der Waals surface area contributed by atoms with Crippen LogP contribution in [0.15, 0.2) is 0 Å². The predicted molar refractivity (Wildman–Crippen MR) is 328 cm³/mol. The Morgan fingerprint density at radius 1 is 0.417 bits per heavy atom. The molecule has 0 bridgehead atoms. The smallest absolute Gasteiger partial charge is 0.0594 e. The molecule has 0 saturated carbocycles. The van der Waals surface area contributed by atoms with Crippen LogP contribution in [0.2, 0.25) is 0 Å². The molecule has 20 heteroatoms. The first-order valence-electron chi connectivity index (χ1n) is 25.5. The second kappa shape index (κ2) is 96.3. The summed E-state index contributed by atoms with van der Waals surface area (Å²) in [4.78, 5) is 21.8. The van der Waals surface area contributed by atoms with E-state index < -0.39 is 0 Å². The van der Waals surface area contributed by atoms with Gasteiger partial charge < -0.3 is 93.7 Å². The Labute approximate surface area is 458 Å². The minimum absolute atomic E-state index is 0.257. The van der Waals surface area contributed by atoms with E-state index in [1.165, 1.54) is 83.1 Å². The zero-order valence-corrected chi connectivity index (χ0v) is 55.5. The summed E-state index contributed by atoms with van der Waals surface area (Å²) in [6, 6.07) is 0. The Kier molecular flexibility index (Phi) is 130. The number of nitrogens with zero attached hydrogens (tertiary/aromatic N) is 10. The van der Waals surface area contributed by atoms with Crippen molar-refractivity contribution in [1.29, 1.82) is 0 Å². The Morgan fingerprint density at radius 2 is 0.653 bits per heavy atom. The van der Waals surface area contributed by atoms with Crippen molar-refractivity contribution in [2.75, 3.05) is 335 Å². The molecule has 0 unspecified atom stereocenters. The van der Waals surface area contributed by atoms with E-state index in [2.05, 4.69) is 107 Å². The average Bonchev–Trinajstić information content (AvgIpc) is 3.27. The molecular formula is C52H139N13O6S. The molecule has 0 radical (unpaired) electrons. The molecule has 0 aromatic heterocycles. The Balaban J connectivity index is -0.0000000625. The van der Waals surface area contributed by atoms with Gasteiger partial charge in [0.25, 0.3) is 0 Å². The van der Waals surface area contributed by atoms with Crippen LogP contribution in [0.4, 0.5) is 0 Å². The number of methoxy groups -OCH3 is 4. The topological polar surface area (TPSA) is 135 Å². The standard InChI is InChI=1S/C6H14N2.C6H13N.C5H11NO.C5H13NO.C5H11NS.C4H11NO.3C3H9N.3C2H7N.3C2H6O/c1-7-3-5-8(2)6-4-7;1-7-5-3-2-4-6-7;1-6-2-4-7-5-3-6;1-6(2)4-5-7-3;1-6-2-4-7-5-3-6;1-5(2)3-4-6;3*1-4(2)3;6*1-3-2/h3-6H2,1-2H3;2-6H2,1H3;2-5H2,1H3;4-5H2,1-3H3;2-5H2,1H3;6H,3-4H2,1-2H3;3*1-3H3;3*3H,1-2H3;3*1-2H3. The number of piperazine rings is 1. The first kappa shape index (κ1) is 97.2. The molecule has 4 fully saturated rings. The molecule has 4 saturated heterocycles. The largest absolute Gasteiger partial charge is 0.395 e. The Bertz CT molecular complexity index is 671. The fourth-order valence-electron chi connectivity index (χ4n) is 3.74. The first-order valence-corrected chi connectivity index (χ1v) is 26.6. The van der Waals surface area contributed by atoms with Crippen LogP contribution >= 0.6 is 11.8 Å². The Hall–Kier alpha value is -0.410. The number of aliphatic hydroxyl groups excluding tert-OH is 1. The van der Waals surface area contributed by atoms with Crippen molar-refractivity contribution in [2.45, 2.75) is 19.3 Å². The maximum atomic E-state index is 8.20. The lowest BCUT2D eigenvalue weighted by Crippen LogP contribution is -2.42. The molecule has 19 nitrogen and oxygen atoms in total. The summed E-state index contributed by atoms with van der Waals surface area (Å²) in [7, 11) is 59.5. The van der Waals surface area contributed by atoms with Gasteiger partial charge >= 0.3 is 0 Å². The van der Waals surface area contributed by atoms with E-state index in [-0.39, 0.29) is 6.61 Å². The minimum atomic E-state index is 0.257. The summed E-state index contributed by atoms with van der Waals surface area (Å²) in [6.45, 7) is 17.0. The number of aliphatic hydroxyl groups is 1. The van der Waals surface area contributed by atoms with Gasteiger partial charge in [-0.2, -0.15) is 11.8 Å². The fourth-order valence-corrected chi connectivity index (χ4v) is 4.83. The van der Waals surface area contributed by atoms with Crippen molar-refractivity contribution in [3.63, 3.8) is 0 Å². The van der Waals surface area contributed by atoms with Crippen LogP contribution in [-0.4, -0.2) is 389 Å². The van der Waals surface area contributed by atoms with E-state index in [1.54, 1.807) is 49.8 Å². The fraction of sp³-hybridized carbons (Fsp3) is 1.00. The van der Waals surface area contributed by atoms with Crippen molar-refractivity contribution < 1.29 is 28.8 Å². The number of hydrogen-bond donors (Lipinski definition) is 4. The van der Waals surface area contributed by atoms with Gasteiger partial charge in [0.2, 0.25) is 0 Å². The van der Waals surface area contributed by atoms with Crippen molar-refractivity contribution in [1.82, 2.24) is 64.9 Å². The number of hydrogen-bond acceptors (Lipinski definition) is 20. The molecule has 0 amide bonds. The molecule has 4 aliphatic heterocycles. The number of nitrogens with one attached hydrogen (secondary N) is 3. The van der Waals surface area contributed by atoms with Crippen LogP contribution in [0.25, 0.3) is 0 Å². The normalized spacial score (nSPS) is 15.1. The molecule has 4 rings (SSSR count). The molecule has 4 aliphatic rings. The van der Waals surface area contributed by atoms with Crippen LogP contribution in [-0.2, 0) is 23.7 Å². The number of morpholine rings is 1. The summed E-state index contributed by atoms with van der Waals surface area (Å²) in [5.74, 6) is 2.66.